The minimum absolute atomic E-state index is 0.109. The van der Waals surface area contributed by atoms with Crippen LogP contribution in [0.3, 0.4) is 0 Å². The van der Waals surface area contributed by atoms with Crippen molar-refractivity contribution in [1.29, 1.82) is 0 Å². The molecule has 1 aromatic carbocycles. The van der Waals surface area contributed by atoms with E-state index in [1.807, 2.05) is 44.2 Å². The van der Waals surface area contributed by atoms with E-state index in [1.54, 1.807) is 29.9 Å². The molecule has 0 atom stereocenters. The normalized spacial score (nSPS) is 10.7. The van der Waals surface area contributed by atoms with Crippen molar-refractivity contribution in [1.82, 2.24) is 14.3 Å². The zero-order chi connectivity index (χ0) is 18.0. The molecule has 6 heteroatoms. The van der Waals surface area contributed by atoms with Gasteiger partial charge in [0.2, 0.25) is 0 Å². The Morgan fingerprint density at radius 1 is 1.12 bits per heavy atom. The number of carbonyl (C=O) groups excluding carboxylic acids is 1. The van der Waals surface area contributed by atoms with Gasteiger partial charge in [-0.2, -0.15) is 5.10 Å². The van der Waals surface area contributed by atoms with Crippen molar-refractivity contribution in [2.24, 2.45) is 7.05 Å². The Morgan fingerprint density at radius 3 is 2.56 bits per heavy atom. The number of nitrogens with zero attached hydrogens (tertiary/aromatic N) is 3. The second kappa shape index (κ2) is 6.76. The molecule has 0 unspecified atom stereocenters. The van der Waals surface area contributed by atoms with E-state index in [9.17, 15) is 9.59 Å². The molecule has 0 saturated carbocycles. The highest BCUT2D eigenvalue weighted by atomic mass is 16.2. The van der Waals surface area contributed by atoms with Crippen LogP contribution in [0.5, 0.6) is 0 Å². The minimum Gasteiger partial charge on any atom is -0.315 e. The molecule has 1 amide bonds. The van der Waals surface area contributed by atoms with Gasteiger partial charge in [0, 0.05) is 18.8 Å². The van der Waals surface area contributed by atoms with Crippen LogP contribution in [-0.4, -0.2) is 20.3 Å². The summed E-state index contributed by atoms with van der Waals surface area (Å²) in [7, 11) is 1.65. The molecule has 0 aliphatic carbocycles. The molecule has 128 valence electrons. The van der Waals surface area contributed by atoms with E-state index >= 15 is 0 Å². The third-order valence-electron chi connectivity index (χ3n) is 4.12. The summed E-state index contributed by atoms with van der Waals surface area (Å²) in [5.41, 5.74) is 2.46. The maximum atomic E-state index is 12.5. The predicted octanol–water partition coefficient (Wildman–Crippen LogP) is 2.50. The molecular formula is C19H20N4O2. The van der Waals surface area contributed by atoms with Crippen molar-refractivity contribution in [3.8, 4) is 0 Å². The van der Waals surface area contributed by atoms with Gasteiger partial charge in [0.05, 0.1) is 12.2 Å². The first-order valence-electron chi connectivity index (χ1n) is 8.02. The van der Waals surface area contributed by atoms with Gasteiger partial charge < -0.3 is 9.88 Å². The number of pyridine rings is 1. The van der Waals surface area contributed by atoms with E-state index in [-0.39, 0.29) is 11.1 Å². The first-order valence-corrected chi connectivity index (χ1v) is 8.02. The van der Waals surface area contributed by atoms with Crippen molar-refractivity contribution >= 4 is 11.7 Å². The van der Waals surface area contributed by atoms with Crippen LogP contribution in [0.1, 0.15) is 27.3 Å². The molecule has 3 rings (SSSR count). The highest BCUT2D eigenvalue weighted by Gasteiger charge is 2.15. The smallest absolute Gasteiger partial charge is 0.263 e. The Kier molecular flexibility index (Phi) is 4.52. The van der Waals surface area contributed by atoms with E-state index in [2.05, 4.69) is 10.4 Å². The fourth-order valence-corrected chi connectivity index (χ4v) is 2.61. The monoisotopic (exact) mass is 336 g/mol. The number of aromatic nitrogens is 3. The van der Waals surface area contributed by atoms with E-state index in [0.717, 1.165) is 17.0 Å². The fourth-order valence-electron chi connectivity index (χ4n) is 2.61. The molecule has 2 heterocycles. The van der Waals surface area contributed by atoms with Crippen LogP contribution in [-0.2, 0) is 13.6 Å². The van der Waals surface area contributed by atoms with Gasteiger partial charge in [0.25, 0.3) is 11.5 Å². The molecule has 0 radical (unpaired) electrons. The first-order chi connectivity index (χ1) is 12.0. The molecule has 0 saturated heterocycles. The Labute approximate surface area is 145 Å². The van der Waals surface area contributed by atoms with Gasteiger partial charge in [0.15, 0.2) is 0 Å². The van der Waals surface area contributed by atoms with Crippen molar-refractivity contribution in [2.45, 2.75) is 20.4 Å². The molecule has 6 nitrogen and oxygen atoms in total. The molecule has 1 N–H and O–H groups in total. The maximum Gasteiger partial charge on any atom is 0.263 e. The second-order valence-corrected chi connectivity index (χ2v) is 6.02. The van der Waals surface area contributed by atoms with Crippen LogP contribution >= 0.6 is 0 Å². The molecule has 0 fully saturated rings. The topological polar surface area (TPSA) is 68.9 Å². The van der Waals surface area contributed by atoms with Gasteiger partial charge in [-0.25, -0.2) is 4.68 Å². The van der Waals surface area contributed by atoms with Gasteiger partial charge in [-0.15, -0.1) is 0 Å². The highest BCUT2D eigenvalue weighted by Crippen LogP contribution is 2.14. The number of hydrogen-bond acceptors (Lipinski definition) is 3. The lowest BCUT2D eigenvalue weighted by atomic mass is 10.2. The molecular weight excluding hydrogens is 316 g/mol. The summed E-state index contributed by atoms with van der Waals surface area (Å²) in [5.74, 6) is 0.129. The summed E-state index contributed by atoms with van der Waals surface area (Å²) in [6.07, 6.45) is 0. The number of carbonyl (C=O) groups is 1. The summed E-state index contributed by atoms with van der Waals surface area (Å²) in [6, 6.07) is 15.0. The molecule has 0 aliphatic heterocycles. The summed E-state index contributed by atoms with van der Waals surface area (Å²) in [4.78, 5) is 24.8. The number of nitrogens with one attached hydrogen (secondary N) is 1. The second-order valence-electron chi connectivity index (χ2n) is 6.02. The minimum atomic E-state index is -0.435. The number of benzene rings is 1. The van der Waals surface area contributed by atoms with Gasteiger partial charge in [-0.3, -0.25) is 9.59 Å². The lowest BCUT2D eigenvalue weighted by Crippen LogP contribution is -2.29. The van der Waals surface area contributed by atoms with Gasteiger partial charge in [0.1, 0.15) is 11.4 Å². The summed E-state index contributed by atoms with van der Waals surface area (Å²) in [5, 5.41) is 7.23. The molecule has 0 spiro atoms. The van der Waals surface area contributed by atoms with E-state index in [1.165, 1.54) is 4.57 Å². The van der Waals surface area contributed by atoms with Crippen LogP contribution in [0.2, 0.25) is 0 Å². The molecule has 3 aromatic rings. The molecule has 0 aliphatic rings. The Bertz CT molecular complexity index is 971. The van der Waals surface area contributed by atoms with Gasteiger partial charge in [-0.1, -0.05) is 30.3 Å². The maximum absolute atomic E-state index is 12.5. The number of hydrogen-bond donors (Lipinski definition) is 1. The van der Waals surface area contributed by atoms with Crippen LogP contribution in [0.25, 0.3) is 0 Å². The Balaban J connectivity index is 1.87. The van der Waals surface area contributed by atoms with E-state index in [4.69, 9.17) is 0 Å². The SMILES string of the molecule is Cc1cc(NC(=O)c2ccc(C)n(C)c2=O)n(Cc2ccccc2)n1. The first kappa shape index (κ1) is 16.7. The number of aryl methyl sites for hydroxylation is 2. The lowest BCUT2D eigenvalue weighted by molar-refractivity contribution is 0.102. The average Bonchev–Trinajstić information content (AvgIpc) is 2.92. The third-order valence-corrected chi connectivity index (χ3v) is 4.12. The zero-order valence-corrected chi connectivity index (χ0v) is 14.5. The average molecular weight is 336 g/mol. The lowest BCUT2D eigenvalue weighted by Gasteiger charge is -2.10. The van der Waals surface area contributed by atoms with Crippen molar-refractivity contribution < 1.29 is 4.79 Å². The van der Waals surface area contributed by atoms with Crippen molar-refractivity contribution in [3.63, 3.8) is 0 Å². The van der Waals surface area contributed by atoms with Crippen LogP contribution < -0.4 is 10.9 Å². The predicted molar refractivity (Wildman–Crippen MR) is 96.9 cm³/mol. The summed E-state index contributed by atoms with van der Waals surface area (Å²) < 4.78 is 3.18. The third kappa shape index (κ3) is 3.52. The summed E-state index contributed by atoms with van der Waals surface area (Å²) in [6.45, 7) is 4.22. The standard InChI is InChI=1S/C19H20N4O2/c1-13-11-17(23(21-13)12-15-7-5-4-6-8-15)20-18(24)16-10-9-14(2)22(3)19(16)25/h4-11H,12H2,1-3H3,(H,20,24). The number of anilines is 1. The van der Waals surface area contributed by atoms with Gasteiger partial charge in [-0.05, 0) is 31.5 Å². The molecule has 0 bridgehead atoms. The van der Waals surface area contributed by atoms with E-state index < -0.39 is 5.91 Å². The van der Waals surface area contributed by atoms with Gasteiger partial charge >= 0.3 is 0 Å². The van der Waals surface area contributed by atoms with Crippen molar-refractivity contribution in [2.75, 3.05) is 5.32 Å². The Morgan fingerprint density at radius 2 is 1.84 bits per heavy atom. The zero-order valence-electron chi connectivity index (χ0n) is 14.5. The highest BCUT2D eigenvalue weighted by molar-refractivity contribution is 6.03. The number of amides is 1. The van der Waals surface area contributed by atoms with Crippen LogP contribution in [0.4, 0.5) is 5.82 Å². The quantitative estimate of drug-likeness (QED) is 0.796. The molecule has 25 heavy (non-hydrogen) atoms. The largest absolute Gasteiger partial charge is 0.315 e. The summed E-state index contributed by atoms with van der Waals surface area (Å²) >= 11 is 0. The van der Waals surface area contributed by atoms with E-state index in [0.29, 0.717) is 12.4 Å². The number of rotatable bonds is 4. The molecule has 2 aromatic heterocycles. The fraction of sp³-hybridized carbons (Fsp3) is 0.211. The van der Waals surface area contributed by atoms with Crippen molar-refractivity contribution in [3.05, 3.63) is 81.4 Å². The van der Waals surface area contributed by atoms with Crippen LogP contribution in [0.15, 0.2) is 53.3 Å². The van der Waals surface area contributed by atoms with Crippen LogP contribution in [0, 0.1) is 13.8 Å². The Hall–Kier alpha value is -3.15.